The van der Waals surface area contributed by atoms with Crippen molar-refractivity contribution in [2.45, 2.75) is 41.5 Å². The molecule has 5 rings (SSSR count). The van der Waals surface area contributed by atoms with Crippen LogP contribution in [0, 0.1) is 0 Å². The molecule has 3 aliphatic rings. The van der Waals surface area contributed by atoms with Gasteiger partial charge >= 0.3 is 0 Å². The number of benzene rings is 2. The van der Waals surface area contributed by atoms with E-state index in [1.165, 1.54) is 5.56 Å². The molecule has 0 spiro atoms. The van der Waals surface area contributed by atoms with Crippen molar-refractivity contribution in [1.82, 2.24) is 4.90 Å². The van der Waals surface area contributed by atoms with Crippen LogP contribution in [0.2, 0.25) is 0 Å². The highest BCUT2D eigenvalue weighted by molar-refractivity contribution is 8.19. The fourth-order valence-electron chi connectivity index (χ4n) is 4.38. The first-order valence-electron chi connectivity index (χ1n) is 9.59. The minimum atomic E-state index is -2.83. The monoisotopic (exact) mass is 384 g/mol. The summed E-state index contributed by atoms with van der Waals surface area (Å²) in [5.74, 6) is 0.632. The van der Waals surface area contributed by atoms with E-state index in [0.29, 0.717) is 18.9 Å². The quantitative estimate of drug-likeness (QED) is 0.882. The van der Waals surface area contributed by atoms with Gasteiger partial charge in [-0.2, -0.15) is 0 Å². The Balaban J connectivity index is 1.40. The molecule has 0 saturated carbocycles. The number of hydrogen-bond acceptors (Lipinski definition) is 3. The third-order valence-corrected chi connectivity index (χ3v) is 9.50. The Hall–Kier alpha value is -1.98. The summed E-state index contributed by atoms with van der Waals surface area (Å²) < 4.78 is 13.1. The van der Waals surface area contributed by atoms with Gasteiger partial charge in [-0.3, -0.25) is 9.00 Å². The number of piperidine rings is 1. The van der Waals surface area contributed by atoms with E-state index in [1.54, 1.807) is 0 Å². The van der Waals surface area contributed by atoms with E-state index in [1.807, 2.05) is 35.6 Å². The van der Waals surface area contributed by atoms with Crippen molar-refractivity contribution in [2.75, 3.05) is 25.6 Å². The summed E-state index contributed by atoms with van der Waals surface area (Å²) in [6.45, 7) is 2.12. The lowest BCUT2D eigenvalue weighted by Gasteiger charge is -2.45. The SMILES string of the molecule is CS1(C)(=O)c2ccc(CC(=O)N3CCC(c4cccc(CN)c4)CC3)c1c2. The minimum absolute atomic E-state index is 0.142. The zero-order chi connectivity index (χ0) is 19.3. The van der Waals surface area contributed by atoms with Crippen LogP contribution in [-0.4, -0.2) is 40.6 Å². The Labute approximate surface area is 161 Å². The van der Waals surface area contributed by atoms with Gasteiger partial charge in [-0.05, 0) is 60.1 Å². The fourth-order valence-corrected chi connectivity index (χ4v) is 6.75. The average Bonchev–Trinajstić information content (AvgIpc) is 2.67. The highest BCUT2D eigenvalue weighted by atomic mass is 32.3. The van der Waals surface area contributed by atoms with Crippen LogP contribution in [0.4, 0.5) is 0 Å². The lowest BCUT2D eigenvalue weighted by atomic mass is 9.88. The Bertz CT molecular complexity index is 964. The number of carbonyl (C=O) groups excluding carboxylic acids is 1. The first kappa shape index (κ1) is 18.4. The number of nitrogens with zero attached hydrogens (tertiary/aromatic N) is 1. The summed E-state index contributed by atoms with van der Waals surface area (Å²) in [7, 11) is -2.83. The van der Waals surface area contributed by atoms with Crippen LogP contribution in [0.3, 0.4) is 0 Å². The van der Waals surface area contributed by atoms with Gasteiger partial charge in [0.1, 0.15) is 0 Å². The van der Waals surface area contributed by atoms with E-state index in [-0.39, 0.29) is 5.91 Å². The second-order valence-electron chi connectivity index (χ2n) is 8.38. The Morgan fingerprint density at radius 1 is 1.15 bits per heavy atom. The Kier molecular flexibility index (Phi) is 4.28. The van der Waals surface area contributed by atoms with Crippen molar-refractivity contribution in [2.24, 2.45) is 5.73 Å². The Morgan fingerprint density at radius 3 is 2.52 bits per heavy atom. The molecule has 5 heteroatoms. The number of hydrogen-bond donors (Lipinski definition) is 1. The van der Waals surface area contributed by atoms with E-state index >= 15 is 0 Å². The molecule has 2 aromatic rings. The molecule has 3 aliphatic heterocycles. The molecular formula is C22H28N2O2S. The standard InChI is InChI=1S/C22H28N2O2S/c1-27(2,26)20-7-6-19(21(27)14-20)13-22(25)24-10-8-17(9-11-24)18-5-3-4-16(12-18)15-23/h3-7,12,14,17H,8-11,13,15,23H2,1-2H3. The summed E-state index contributed by atoms with van der Waals surface area (Å²) >= 11 is 0. The number of likely N-dealkylation sites (tertiary alicyclic amines) is 1. The van der Waals surface area contributed by atoms with Gasteiger partial charge in [0.2, 0.25) is 5.91 Å². The Morgan fingerprint density at radius 2 is 1.89 bits per heavy atom. The van der Waals surface area contributed by atoms with Gasteiger partial charge in [-0.1, -0.05) is 39.4 Å². The average molecular weight is 385 g/mol. The second kappa shape index (κ2) is 6.28. The highest BCUT2D eigenvalue weighted by Crippen LogP contribution is 2.49. The molecule has 0 unspecified atom stereocenters. The fraction of sp³-hybridized carbons (Fsp3) is 0.409. The molecule has 1 fully saturated rings. The molecule has 144 valence electrons. The molecule has 0 atom stereocenters. The smallest absolute Gasteiger partial charge is 0.227 e. The molecule has 0 aliphatic carbocycles. The third kappa shape index (κ3) is 3.13. The molecular weight excluding hydrogens is 356 g/mol. The molecule has 1 amide bonds. The van der Waals surface area contributed by atoms with Crippen molar-refractivity contribution >= 4 is 15.0 Å². The van der Waals surface area contributed by atoms with E-state index in [9.17, 15) is 9.00 Å². The highest BCUT2D eigenvalue weighted by Gasteiger charge is 2.41. The second-order valence-corrected chi connectivity index (χ2v) is 12.9. The van der Waals surface area contributed by atoms with Gasteiger partial charge in [0.15, 0.2) is 0 Å². The minimum Gasteiger partial charge on any atom is -0.342 e. The van der Waals surface area contributed by atoms with Crippen LogP contribution < -0.4 is 5.73 Å². The summed E-state index contributed by atoms with van der Waals surface area (Å²) in [6, 6.07) is 14.4. The number of carbonyl (C=O) groups is 1. The first-order chi connectivity index (χ1) is 12.8. The summed E-state index contributed by atoms with van der Waals surface area (Å²) in [6.07, 6.45) is 5.94. The van der Waals surface area contributed by atoms with E-state index in [2.05, 4.69) is 24.3 Å². The molecule has 3 heterocycles. The van der Waals surface area contributed by atoms with Crippen molar-refractivity contribution in [3.05, 3.63) is 59.2 Å². The van der Waals surface area contributed by atoms with Gasteiger partial charge in [-0.25, -0.2) is 0 Å². The van der Waals surface area contributed by atoms with Crippen LogP contribution in [0.25, 0.3) is 0 Å². The maximum atomic E-state index is 13.1. The van der Waals surface area contributed by atoms with Crippen molar-refractivity contribution in [3.63, 3.8) is 0 Å². The predicted molar refractivity (Wildman–Crippen MR) is 110 cm³/mol. The van der Waals surface area contributed by atoms with E-state index < -0.39 is 9.07 Å². The third-order valence-electron chi connectivity index (χ3n) is 6.21. The predicted octanol–water partition coefficient (Wildman–Crippen LogP) is 2.91. The van der Waals surface area contributed by atoms with Gasteiger partial charge in [-0.15, -0.1) is 0 Å². The number of fused-ring (bicyclic) bond motifs is 2. The maximum absolute atomic E-state index is 13.1. The zero-order valence-corrected chi connectivity index (χ0v) is 16.9. The lowest BCUT2D eigenvalue weighted by molar-refractivity contribution is -0.131. The maximum Gasteiger partial charge on any atom is 0.227 e. The zero-order valence-electron chi connectivity index (χ0n) is 16.1. The van der Waals surface area contributed by atoms with Crippen molar-refractivity contribution in [3.8, 4) is 0 Å². The van der Waals surface area contributed by atoms with Gasteiger partial charge < -0.3 is 10.6 Å². The van der Waals surface area contributed by atoms with Crippen molar-refractivity contribution in [1.29, 1.82) is 0 Å². The van der Waals surface area contributed by atoms with Crippen LogP contribution in [-0.2, 0) is 26.8 Å². The van der Waals surface area contributed by atoms with Gasteiger partial charge in [0.25, 0.3) is 0 Å². The van der Waals surface area contributed by atoms with Gasteiger partial charge in [0, 0.05) is 29.4 Å². The topological polar surface area (TPSA) is 63.4 Å². The van der Waals surface area contributed by atoms with Gasteiger partial charge in [0.05, 0.1) is 6.42 Å². The largest absolute Gasteiger partial charge is 0.342 e. The van der Waals surface area contributed by atoms with Crippen LogP contribution in [0.15, 0.2) is 52.3 Å². The van der Waals surface area contributed by atoms with Crippen LogP contribution in [0.1, 0.15) is 35.4 Å². The molecule has 0 aromatic heterocycles. The number of nitrogens with two attached hydrogens (primary N) is 1. The molecule has 2 bridgehead atoms. The molecule has 27 heavy (non-hydrogen) atoms. The molecule has 1 saturated heterocycles. The number of amides is 1. The molecule has 0 radical (unpaired) electrons. The van der Waals surface area contributed by atoms with Crippen LogP contribution >= 0.6 is 0 Å². The molecule has 2 aromatic carbocycles. The summed E-state index contributed by atoms with van der Waals surface area (Å²) in [5, 5.41) is 0. The molecule has 4 nitrogen and oxygen atoms in total. The summed E-state index contributed by atoms with van der Waals surface area (Å²) in [5.41, 5.74) is 9.17. The molecule has 2 N–H and O–H groups in total. The van der Waals surface area contributed by atoms with Crippen LogP contribution in [0.5, 0.6) is 0 Å². The van der Waals surface area contributed by atoms with E-state index in [4.69, 9.17) is 5.73 Å². The summed E-state index contributed by atoms with van der Waals surface area (Å²) in [4.78, 5) is 16.6. The van der Waals surface area contributed by atoms with Crippen molar-refractivity contribution < 1.29 is 9.00 Å². The van der Waals surface area contributed by atoms with E-state index in [0.717, 1.165) is 46.8 Å². The number of rotatable bonds is 4. The normalized spacial score (nSPS) is 21.7. The lowest BCUT2D eigenvalue weighted by Crippen LogP contribution is -2.41. The first-order valence-corrected chi connectivity index (χ1v) is 12.4.